The van der Waals surface area contributed by atoms with Crippen LogP contribution in [-0.4, -0.2) is 18.1 Å². The summed E-state index contributed by atoms with van der Waals surface area (Å²) in [5, 5.41) is 11.8. The lowest BCUT2D eigenvalue weighted by Gasteiger charge is -2.13. The van der Waals surface area contributed by atoms with Gasteiger partial charge < -0.3 is 15.2 Å². The van der Waals surface area contributed by atoms with Gasteiger partial charge in [-0.05, 0) is 18.2 Å². The number of nitrogens with one attached hydrogen (secondary N) is 1. The summed E-state index contributed by atoms with van der Waals surface area (Å²) in [5.74, 6) is -1.95. The summed E-state index contributed by atoms with van der Waals surface area (Å²) in [5.41, 5.74) is -0.258. The molecule has 2 aromatic rings. The van der Waals surface area contributed by atoms with E-state index in [-0.39, 0.29) is 32.1 Å². The molecule has 0 aliphatic heterocycles. The van der Waals surface area contributed by atoms with Crippen molar-refractivity contribution in [2.75, 3.05) is 12.4 Å². The zero-order valence-corrected chi connectivity index (χ0v) is 13.4. The van der Waals surface area contributed by atoms with E-state index in [0.717, 1.165) is 12.1 Å². The van der Waals surface area contributed by atoms with Crippen molar-refractivity contribution < 1.29 is 19.0 Å². The van der Waals surface area contributed by atoms with E-state index in [1.807, 2.05) is 0 Å². The summed E-state index contributed by atoms with van der Waals surface area (Å²) < 4.78 is 18.8. The Labute approximate surface area is 140 Å². The maximum Gasteiger partial charge on any atom is 0.261 e. The second kappa shape index (κ2) is 6.60. The summed E-state index contributed by atoms with van der Waals surface area (Å²) >= 11 is 17.6. The number of hydrogen-bond acceptors (Lipinski definition) is 3. The molecule has 2 rings (SSSR count). The van der Waals surface area contributed by atoms with Gasteiger partial charge in [-0.25, -0.2) is 4.39 Å². The minimum atomic E-state index is -0.854. The SMILES string of the molecule is COc1c(Cl)ccc(Cl)c1C(=O)Nc1cc(Cl)c(O)cc1F. The quantitative estimate of drug-likeness (QED) is 0.773. The Kier molecular flexibility index (Phi) is 5.01. The molecule has 0 radical (unpaired) electrons. The largest absolute Gasteiger partial charge is 0.506 e. The number of carbonyl (C=O) groups is 1. The first-order valence-corrected chi connectivity index (χ1v) is 7.00. The number of carbonyl (C=O) groups excluding carboxylic acids is 1. The third-order valence-corrected chi connectivity index (χ3v) is 3.69. The van der Waals surface area contributed by atoms with E-state index >= 15 is 0 Å². The van der Waals surface area contributed by atoms with Crippen molar-refractivity contribution in [2.24, 2.45) is 0 Å². The van der Waals surface area contributed by atoms with Crippen LogP contribution in [0.3, 0.4) is 0 Å². The average molecular weight is 365 g/mol. The number of anilines is 1. The van der Waals surface area contributed by atoms with E-state index in [1.165, 1.54) is 19.2 Å². The summed E-state index contributed by atoms with van der Waals surface area (Å²) in [7, 11) is 1.33. The van der Waals surface area contributed by atoms with Crippen LogP contribution in [0.25, 0.3) is 0 Å². The van der Waals surface area contributed by atoms with Crippen molar-refractivity contribution in [1.29, 1.82) is 0 Å². The second-order valence-corrected chi connectivity index (χ2v) is 5.40. The van der Waals surface area contributed by atoms with Crippen molar-refractivity contribution in [1.82, 2.24) is 0 Å². The van der Waals surface area contributed by atoms with Crippen molar-refractivity contribution in [2.45, 2.75) is 0 Å². The van der Waals surface area contributed by atoms with Gasteiger partial charge in [0.15, 0.2) is 11.6 Å². The first-order chi connectivity index (χ1) is 10.3. The maximum atomic E-state index is 13.7. The Bertz CT molecular complexity index is 753. The normalized spacial score (nSPS) is 10.4. The van der Waals surface area contributed by atoms with Gasteiger partial charge in [-0.2, -0.15) is 0 Å². The highest BCUT2D eigenvalue weighted by Crippen LogP contribution is 2.35. The number of ether oxygens (including phenoxy) is 1. The average Bonchev–Trinajstić information content (AvgIpc) is 2.46. The van der Waals surface area contributed by atoms with Crippen LogP contribution in [0.2, 0.25) is 15.1 Å². The van der Waals surface area contributed by atoms with Crippen LogP contribution in [0.5, 0.6) is 11.5 Å². The molecule has 4 nitrogen and oxygen atoms in total. The molecule has 0 spiro atoms. The topological polar surface area (TPSA) is 58.6 Å². The van der Waals surface area contributed by atoms with Crippen LogP contribution in [0, 0.1) is 5.82 Å². The molecule has 0 aliphatic carbocycles. The molecule has 0 fully saturated rings. The molecule has 0 saturated heterocycles. The van der Waals surface area contributed by atoms with E-state index in [1.54, 1.807) is 0 Å². The molecule has 0 bridgehead atoms. The second-order valence-electron chi connectivity index (χ2n) is 4.18. The minimum Gasteiger partial charge on any atom is -0.506 e. The Morgan fingerprint density at radius 3 is 2.45 bits per heavy atom. The van der Waals surface area contributed by atoms with E-state index in [4.69, 9.17) is 39.5 Å². The van der Waals surface area contributed by atoms with E-state index < -0.39 is 17.5 Å². The highest BCUT2D eigenvalue weighted by Gasteiger charge is 2.21. The molecule has 0 saturated carbocycles. The van der Waals surface area contributed by atoms with E-state index in [9.17, 15) is 14.3 Å². The number of amides is 1. The van der Waals surface area contributed by atoms with Gasteiger partial charge in [-0.15, -0.1) is 0 Å². The van der Waals surface area contributed by atoms with Crippen LogP contribution in [0.1, 0.15) is 10.4 Å². The van der Waals surface area contributed by atoms with Crippen LogP contribution in [0.4, 0.5) is 10.1 Å². The number of hydrogen-bond donors (Lipinski definition) is 2. The van der Waals surface area contributed by atoms with Crippen LogP contribution in [-0.2, 0) is 0 Å². The van der Waals surface area contributed by atoms with Crippen LogP contribution < -0.4 is 10.1 Å². The van der Waals surface area contributed by atoms with Gasteiger partial charge in [0.2, 0.25) is 0 Å². The Balaban J connectivity index is 2.43. The monoisotopic (exact) mass is 363 g/mol. The fourth-order valence-corrected chi connectivity index (χ4v) is 2.39. The van der Waals surface area contributed by atoms with E-state index in [2.05, 4.69) is 5.32 Å². The van der Waals surface area contributed by atoms with Crippen molar-refractivity contribution in [3.05, 3.63) is 50.7 Å². The molecule has 116 valence electrons. The molecule has 0 unspecified atom stereocenters. The molecule has 0 aromatic heterocycles. The molecular weight excluding hydrogens is 356 g/mol. The molecule has 0 atom stereocenters. The number of halogens is 4. The van der Waals surface area contributed by atoms with Gasteiger partial charge >= 0.3 is 0 Å². The number of phenols is 1. The molecule has 2 N–H and O–H groups in total. The Morgan fingerprint density at radius 1 is 1.18 bits per heavy atom. The predicted octanol–water partition coefficient (Wildman–Crippen LogP) is 4.75. The highest BCUT2D eigenvalue weighted by atomic mass is 35.5. The number of aromatic hydroxyl groups is 1. The molecule has 8 heteroatoms. The zero-order chi connectivity index (χ0) is 16.4. The Morgan fingerprint density at radius 2 is 1.82 bits per heavy atom. The lowest BCUT2D eigenvalue weighted by atomic mass is 10.1. The number of rotatable bonds is 3. The highest BCUT2D eigenvalue weighted by molar-refractivity contribution is 6.38. The third-order valence-electron chi connectivity index (χ3n) is 2.77. The fraction of sp³-hybridized carbons (Fsp3) is 0.0714. The van der Waals surface area contributed by atoms with Crippen LogP contribution >= 0.6 is 34.8 Å². The molecule has 1 amide bonds. The van der Waals surface area contributed by atoms with Crippen molar-refractivity contribution in [3.63, 3.8) is 0 Å². The van der Waals surface area contributed by atoms with Gasteiger partial charge in [-0.3, -0.25) is 4.79 Å². The smallest absolute Gasteiger partial charge is 0.261 e. The maximum absolute atomic E-state index is 13.7. The predicted molar refractivity (Wildman–Crippen MR) is 84.0 cm³/mol. The van der Waals surface area contributed by atoms with Gasteiger partial charge in [0.05, 0.1) is 27.9 Å². The summed E-state index contributed by atoms with van der Waals surface area (Å²) in [6, 6.07) is 4.75. The molecule has 22 heavy (non-hydrogen) atoms. The number of phenolic OH excluding ortho intramolecular Hbond substituents is 1. The Hall–Kier alpha value is -1.69. The standard InChI is InChI=1S/C14H9Cl3FNO3/c1-22-13-7(16)3-2-6(15)12(13)14(21)19-10-4-8(17)11(20)5-9(10)18/h2-5,20H,1H3,(H,19,21). The fourth-order valence-electron chi connectivity index (χ4n) is 1.76. The summed E-state index contributed by atoms with van der Waals surface area (Å²) in [6.45, 7) is 0. The third kappa shape index (κ3) is 3.21. The van der Waals surface area contributed by atoms with Crippen molar-refractivity contribution in [3.8, 4) is 11.5 Å². The minimum absolute atomic E-state index is 0.0414. The lowest BCUT2D eigenvalue weighted by molar-refractivity contribution is 0.102. The lowest BCUT2D eigenvalue weighted by Crippen LogP contribution is -2.15. The number of methoxy groups -OCH3 is 1. The van der Waals surface area contributed by atoms with Gasteiger partial charge in [0.25, 0.3) is 5.91 Å². The number of benzene rings is 2. The van der Waals surface area contributed by atoms with Crippen molar-refractivity contribution >= 4 is 46.4 Å². The molecule has 0 aliphatic rings. The molecule has 2 aromatic carbocycles. The first-order valence-electron chi connectivity index (χ1n) is 5.86. The molecule has 0 heterocycles. The van der Waals surface area contributed by atoms with Crippen LogP contribution in [0.15, 0.2) is 24.3 Å². The molecular formula is C14H9Cl3FNO3. The first kappa shape index (κ1) is 16.7. The van der Waals surface area contributed by atoms with E-state index in [0.29, 0.717) is 0 Å². The van der Waals surface area contributed by atoms with Gasteiger partial charge in [-0.1, -0.05) is 34.8 Å². The van der Waals surface area contributed by atoms with Gasteiger partial charge in [0.1, 0.15) is 11.3 Å². The summed E-state index contributed by atoms with van der Waals surface area (Å²) in [6.07, 6.45) is 0. The van der Waals surface area contributed by atoms with Gasteiger partial charge in [0, 0.05) is 6.07 Å². The zero-order valence-electron chi connectivity index (χ0n) is 11.1. The summed E-state index contributed by atoms with van der Waals surface area (Å²) in [4.78, 5) is 12.3.